The van der Waals surface area contributed by atoms with E-state index in [2.05, 4.69) is 0 Å². The van der Waals surface area contributed by atoms with Gasteiger partial charge in [-0.15, -0.1) is 0 Å². The van der Waals surface area contributed by atoms with Gasteiger partial charge in [-0.25, -0.2) is 0 Å². The molecule has 0 aliphatic heterocycles. The van der Waals surface area contributed by atoms with Crippen LogP contribution >= 0.6 is 0 Å². The number of rotatable bonds is 4. The quantitative estimate of drug-likeness (QED) is 0.154. The van der Waals surface area contributed by atoms with Gasteiger partial charge < -0.3 is 44.2 Å². The summed E-state index contributed by atoms with van der Waals surface area (Å²) < 4.78 is 16.8. The number of fused-ring (bicyclic) bond motifs is 2. The van der Waals surface area contributed by atoms with E-state index in [1.807, 2.05) is 0 Å². The van der Waals surface area contributed by atoms with E-state index in [-0.39, 0.29) is 45.0 Å². The number of methoxy groups -OCH3 is 1. The minimum atomic E-state index is -0.844. The highest BCUT2D eigenvalue weighted by Crippen LogP contribution is 2.43. The van der Waals surface area contributed by atoms with Crippen LogP contribution in [0.25, 0.3) is 55.7 Å². The Morgan fingerprint density at radius 3 is 2.00 bits per heavy atom. The smallest absolute Gasteiger partial charge is 0.204 e. The zero-order chi connectivity index (χ0) is 29.9. The van der Waals surface area contributed by atoms with Crippen LogP contribution < -0.4 is 15.6 Å². The van der Waals surface area contributed by atoms with E-state index in [4.69, 9.17) is 13.6 Å². The van der Waals surface area contributed by atoms with Gasteiger partial charge in [0.15, 0.2) is 33.7 Å². The molecule has 6 N–H and O–H groups in total. The molecule has 42 heavy (non-hydrogen) atoms. The first-order valence-electron chi connectivity index (χ1n) is 12.3. The van der Waals surface area contributed by atoms with Crippen LogP contribution in [-0.2, 0) is 0 Å². The summed E-state index contributed by atoms with van der Waals surface area (Å²) >= 11 is 0. The lowest BCUT2D eigenvalue weighted by Gasteiger charge is -2.12. The first-order chi connectivity index (χ1) is 20.1. The number of hydrogen-bond acceptors (Lipinski definition) is 11. The second-order valence-electron chi connectivity index (χ2n) is 9.38. The van der Waals surface area contributed by atoms with Crippen LogP contribution in [0.3, 0.4) is 0 Å². The molecule has 0 saturated heterocycles. The minimum absolute atomic E-state index is 0.0571. The maximum Gasteiger partial charge on any atom is 0.204 e. The summed E-state index contributed by atoms with van der Waals surface area (Å²) in [5.41, 5.74) is 0.0401. The number of benzene rings is 4. The molecule has 2 aromatic heterocycles. The first kappa shape index (κ1) is 26.1. The predicted octanol–water partition coefficient (Wildman–Crippen LogP) is 5.14. The van der Waals surface area contributed by atoms with Gasteiger partial charge in [0.25, 0.3) is 0 Å². The van der Waals surface area contributed by atoms with Crippen LogP contribution in [0.15, 0.2) is 85.2 Å². The Morgan fingerprint density at radius 2 is 1.26 bits per heavy atom. The highest BCUT2D eigenvalue weighted by Gasteiger charge is 2.20. The van der Waals surface area contributed by atoms with E-state index in [1.54, 1.807) is 30.3 Å². The summed E-state index contributed by atoms with van der Waals surface area (Å²) in [6.45, 7) is 0. The van der Waals surface area contributed by atoms with Gasteiger partial charge >= 0.3 is 0 Å². The lowest BCUT2D eigenvalue weighted by Crippen LogP contribution is -2.02. The molecule has 0 bridgehead atoms. The van der Waals surface area contributed by atoms with E-state index >= 15 is 0 Å². The third kappa shape index (κ3) is 4.07. The zero-order valence-corrected chi connectivity index (χ0v) is 21.6. The van der Waals surface area contributed by atoms with Gasteiger partial charge in [-0.05, 0) is 29.8 Å². The maximum atomic E-state index is 12.9. The van der Waals surface area contributed by atoms with Gasteiger partial charge in [0.1, 0.15) is 39.4 Å². The van der Waals surface area contributed by atoms with Gasteiger partial charge in [0, 0.05) is 41.0 Å². The molecule has 210 valence electrons. The average molecular weight is 568 g/mol. The molecule has 4 aromatic carbocycles. The molecule has 0 amide bonds. The molecule has 0 saturated carbocycles. The Kier molecular flexibility index (Phi) is 5.93. The standard InChI is InChI=1S/C31H20O11/c1-40-30-22(37)9-18(33)26-19(34)10-24(42-31(26)30)14-4-2-3-13(7-14)16-8-15(5-6-17(16)32)23-11-20(35)27-25(41-23)12-21(36)28(38)29(27)39/h2-12,32-33,36-39H,1H3. The van der Waals surface area contributed by atoms with Crippen molar-refractivity contribution in [2.24, 2.45) is 0 Å². The van der Waals surface area contributed by atoms with Gasteiger partial charge in [-0.3, -0.25) is 9.59 Å². The summed E-state index contributed by atoms with van der Waals surface area (Å²) in [6, 6.07) is 15.4. The number of phenolic OH excluding ortho intramolecular Hbond substituents is 6. The van der Waals surface area contributed by atoms with Crippen LogP contribution in [0.5, 0.6) is 40.2 Å². The van der Waals surface area contributed by atoms with Gasteiger partial charge in [0.05, 0.1) is 7.11 Å². The number of aromatic hydroxyl groups is 6. The van der Waals surface area contributed by atoms with Gasteiger partial charge in [-0.1, -0.05) is 18.2 Å². The van der Waals surface area contributed by atoms with Crippen molar-refractivity contribution in [1.29, 1.82) is 0 Å². The molecular formula is C31H20O11. The van der Waals surface area contributed by atoms with E-state index in [1.165, 1.54) is 25.3 Å². The van der Waals surface area contributed by atoms with Crippen LogP contribution in [0.2, 0.25) is 0 Å². The van der Waals surface area contributed by atoms with Crippen molar-refractivity contribution in [2.45, 2.75) is 0 Å². The fourth-order valence-electron chi connectivity index (χ4n) is 4.80. The Labute approximate surface area is 234 Å². The number of ether oxygens (including phenoxy) is 1. The summed E-state index contributed by atoms with van der Waals surface area (Å²) in [5.74, 6) is -3.30. The normalized spacial score (nSPS) is 11.3. The molecule has 11 nitrogen and oxygen atoms in total. The average Bonchev–Trinajstić information content (AvgIpc) is 2.95. The molecule has 0 fully saturated rings. The minimum Gasteiger partial charge on any atom is -0.507 e. The van der Waals surface area contributed by atoms with Crippen LogP contribution in [-0.4, -0.2) is 37.7 Å². The Bertz CT molecular complexity index is 2190. The molecule has 0 radical (unpaired) electrons. The van der Waals surface area contributed by atoms with Crippen LogP contribution in [0, 0.1) is 0 Å². The van der Waals surface area contributed by atoms with Crippen molar-refractivity contribution in [3.63, 3.8) is 0 Å². The zero-order valence-electron chi connectivity index (χ0n) is 21.6. The van der Waals surface area contributed by atoms with Crippen molar-refractivity contribution in [3.05, 3.63) is 87.2 Å². The highest BCUT2D eigenvalue weighted by molar-refractivity contribution is 5.92. The summed E-state index contributed by atoms with van der Waals surface area (Å²) in [6.07, 6.45) is 0. The molecule has 6 aromatic rings. The molecular weight excluding hydrogens is 548 g/mol. The SMILES string of the molecule is COc1c(O)cc(O)c2c(=O)cc(-c3cccc(-c4cc(-c5cc(=O)c6c(O)c(O)c(O)cc6o5)ccc4O)c3)oc12. The lowest BCUT2D eigenvalue weighted by molar-refractivity contribution is 0.367. The Hall–Kier alpha value is -6.10. The molecule has 0 unspecified atom stereocenters. The monoisotopic (exact) mass is 568 g/mol. The second kappa shape index (κ2) is 9.52. The molecule has 6 rings (SSSR count). The van der Waals surface area contributed by atoms with Crippen molar-refractivity contribution in [1.82, 2.24) is 0 Å². The van der Waals surface area contributed by atoms with Crippen molar-refractivity contribution >= 4 is 21.9 Å². The molecule has 0 aliphatic carbocycles. The van der Waals surface area contributed by atoms with Crippen molar-refractivity contribution in [3.8, 4) is 74.0 Å². The van der Waals surface area contributed by atoms with E-state index in [9.17, 15) is 40.2 Å². The van der Waals surface area contributed by atoms with Gasteiger partial charge in [0.2, 0.25) is 11.5 Å². The lowest BCUT2D eigenvalue weighted by atomic mass is 9.98. The van der Waals surface area contributed by atoms with Gasteiger partial charge in [-0.2, -0.15) is 0 Å². The van der Waals surface area contributed by atoms with Crippen LogP contribution in [0.1, 0.15) is 0 Å². The number of phenols is 6. The Balaban J connectivity index is 1.48. The van der Waals surface area contributed by atoms with E-state index in [0.717, 1.165) is 18.2 Å². The second-order valence-corrected chi connectivity index (χ2v) is 9.38. The molecule has 0 aliphatic rings. The van der Waals surface area contributed by atoms with E-state index in [0.29, 0.717) is 22.3 Å². The molecule has 0 atom stereocenters. The third-order valence-corrected chi connectivity index (χ3v) is 6.81. The third-order valence-electron chi connectivity index (χ3n) is 6.81. The first-order valence-corrected chi connectivity index (χ1v) is 12.3. The van der Waals surface area contributed by atoms with E-state index < -0.39 is 39.6 Å². The molecule has 0 spiro atoms. The summed E-state index contributed by atoms with van der Waals surface area (Å²) in [7, 11) is 1.28. The summed E-state index contributed by atoms with van der Waals surface area (Å²) in [5, 5.41) is 60.3. The highest BCUT2D eigenvalue weighted by atomic mass is 16.5. The van der Waals surface area contributed by atoms with Crippen LogP contribution in [0.4, 0.5) is 0 Å². The largest absolute Gasteiger partial charge is 0.507 e. The van der Waals surface area contributed by atoms with Crippen molar-refractivity contribution in [2.75, 3.05) is 7.11 Å². The fraction of sp³-hybridized carbons (Fsp3) is 0.0323. The molecule has 11 heteroatoms. The van der Waals surface area contributed by atoms with Crippen molar-refractivity contribution < 1.29 is 44.2 Å². The predicted molar refractivity (Wildman–Crippen MR) is 151 cm³/mol. The summed E-state index contributed by atoms with van der Waals surface area (Å²) in [4.78, 5) is 25.6. The molecule has 2 heterocycles. The number of hydrogen-bond donors (Lipinski definition) is 6. The topological polar surface area (TPSA) is 191 Å². The fourth-order valence-corrected chi connectivity index (χ4v) is 4.80. The maximum absolute atomic E-state index is 12.9. The Morgan fingerprint density at radius 1 is 0.595 bits per heavy atom.